The van der Waals surface area contributed by atoms with Gasteiger partial charge in [-0.1, -0.05) is 12.1 Å². The monoisotopic (exact) mass is 360 g/mol. The van der Waals surface area contributed by atoms with Crippen LogP contribution in [0.1, 0.15) is 22.4 Å². The smallest absolute Gasteiger partial charge is 0.355 e. The lowest BCUT2D eigenvalue weighted by Crippen LogP contribution is -2.32. The van der Waals surface area contributed by atoms with Crippen molar-refractivity contribution in [1.29, 1.82) is 0 Å². The minimum Gasteiger partial charge on any atom is -0.476 e. The summed E-state index contributed by atoms with van der Waals surface area (Å²) in [4.78, 5) is 39.4. The van der Waals surface area contributed by atoms with E-state index in [0.29, 0.717) is 17.1 Å². The third-order valence-electron chi connectivity index (χ3n) is 3.75. The number of carboxylic acid groups (broad SMARTS) is 1. The highest BCUT2D eigenvalue weighted by Gasteiger charge is 2.15. The van der Waals surface area contributed by atoms with Gasteiger partial charge in [-0.2, -0.15) is 0 Å². The zero-order valence-corrected chi connectivity index (χ0v) is 14.2. The largest absolute Gasteiger partial charge is 0.476 e. The number of aromatic carboxylic acids is 1. The van der Waals surface area contributed by atoms with E-state index in [1.54, 1.807) is 10.6 Å². The molecular weight excluding hydrogens is 344 g/mol. The van der Waals surface area contributed by atoms with Crippen molar-refractivity contribution < 1.29 is 14.7 Å². The van der Waals surface area contributed by atoms with Crippen LogP contribution in [0.2, 0.25) is 0 Å². The predicted molar refractivity (Wildman–Crippen MR) is 92.8 cm³/mol. The molecule has 0 radical (unpaired) electrons. The molecule has 8 nitrogen and oxygen atoms in total. The third-order valence-corrected chi connectivity index (χ3v) is 4.60. The number of carbonyl (C=O) groups is 2. The minimum absolute atomic E-state index is 0.0449. The van der Waals surface area contributed by atoms with Crippen LogP contribution in [0.25, 0.3) is 11.0 Å². The van der Waals surface area contributed by atoms with E-state index in [4.69, 9.17) is 5.11 Å². The van der Waals surface area contributed by atoms with Gasteiger partial charge in [-0.3, -0.25) is 13.9 Å². The number of amides is 1. The van der Waals surface area contributed by atoms with Crippen molar-refractivity contribution in [3.8, 4) is 0 Å². The summed E-state index contributed by atoms with van der Waals surface area (Å²) in [5.41, 5.74) is 1.21. The van der Waals surface area contributed by atoms with Gasteiger partial charge in [0.05, 0.1) is 17.6 Å². The molecule has 2 heterocycles. The number of imidazole rings is 1. The lowest BCUT2D eigenvalue weighted by molar-refractivity contribution is -0.121. The highest BCUT2D eigenvalue weighted by Crippen LogP contribution is 2.13. The number of nitrogens with zero attached hydrogens (tertiary/aromatic N) is 3. The van der Waals surface area contributed by atoms with E-state index >= 15 is 0 Å². The van der Waals surface area contributed by atoms with Crippen LogP contribution in [0, 0.1) is 0 Å². The molecule has 0 aliphatic rings. The summed E-state index contributed by atoms with van der Waals surface area (Å²) in [6, 6.07) is 7.31. The molecule has 3 rings (SSSR count). The van der Waals surface area contributed by atoms with Crippen molar-refractivity contribution in [3.05, 3.63) is 50.8 Å². The summed E-state index contributed by atoms with van der Waals surface area (Å²) < 4.78 is 3.04. The topological polar surface area (TPSA) is 106 Å². The third kappa shape index (κ3) is 3.31. The maximum absolute atomic E-state index is 12.5. The maximum atomic E-state index is 12.5. The molecule has 2 aromatic heterocycles. The van der Waals surface area contributed by atoms with Crippen LogP contribution in [-0.2, 0) is 24.4 Å². The van der Waals surface area contributed by atoms with Gasteiger partial charge in [0.1, 0.15) is 11.6 Å². The Morgan fingerprint density at radius 3 is 2.52 bits per heavy atom. The van der Waals surface area contributed by atoms with Crippen molar-refractivity contribution in [2.75, 3.05) is 0 Å². The zero-order chi connectivity index (χ0) is 18.0. The van der Waals surface area contributed by atoms with Crippen LogP contribution in [0.3, 0.4) is 0 Å². The molecule has 0 spiro atoms. The van der Waals surface area contributed by atoms with E-state index in [2.05, 4.69) is 10.3 Å². The van der Waals surface area contributed by atoms with Crippen molar-refractivity contribution in [2.24, 2.45) is 0 Å². The molecule has 0 fully saturated rings. The van der Waals surface area contributed by atoms with Crippen molar-refractivity contribution >= 4 is 34.2 Å². The second kappa shape index (κ2) is 6.89. The first kappa shape index (κ1) is 16.9. The van der Waals surface area contributed by atoms with E-state index in [1.807, 2.05) is 25.1 Å². The number of benzene rings is 1. The van der Waals surface area contributed by atoms with Crippen molar-refractivity contribution in [3.63, 3.8) is 0 Å². The lowest BCUT2D eigenvalue weighted by Gasteiger charge is -2.04. The molecule has 0 unspecified atom stereocenters. The van der Waals surface area contributed by atoms with Gasteiger partial charge in [0.25, 0.3) is 0 Å². The quantitative estimate of drug-likeness (QED) is 0.689. The fraction of sp³-hybridized carbons (Fsp3) is 0.250. The number of nitrogens with one attached hydrogen (secondary N) is 1. The van der Waals surface area contributed by atoms with Gasteiger partial charge in [-0.25, -0.2) is 14.6 Å². The summed E-state index contributed by atoms with van der Waals surface area (Å²) in [5.74, 6) is -1.44. The van der Waals surface area contributed by atoms with E-state index in [1.165, 1.54) is 9.95 Å². The normalized spacial score (nSPS) is 10.9. The van der Waals surface area contributed by atoms with Crippen LogP contribution in [0.15, 0.2) is 34.4 Å². The second-order valence-corrected chi connectivity index (χ2v) is 6.25. The molecule has 0 bridgehead atoms. The van der Waals surface area contributed by atoms with Gasteiger partial charge >= 0.3 is 11.7 Å². The molecule has 3 aromatic rings. The SMILES string of the molecule is CCn1c(=O)n(CC(=O)NCc2nc(C(=O)O)cs2)c2ccccc21. The first-order chi connectivity index (χ1) is 12.0. The van der Waals surface area contributed by atoms with Gasteiger partial charge in [-0.05, 0) is 19.1 Å². The molecule has 0 aliphatic heterocycles. The number of aromatic nitrogens is 3. The lowest BCUT2D eigenvalue weighted by atomic mass is 10.3. The Balaban J connectivity index is 1.75. The molecule has 2 N–H and O–H groups in total. The first-order valence-electron chi connectivity index (χ1n) is 7.63. The standard InChI is InChI=1S/C16H16N4O4S/c1-2-19-11-5-3-4-6-12(11)20(16(19)24)8-13(21)17-7-14-18-10(9-25-14)15(22)23/h3-6,9H,2,7-8H2,1H3,(H,17,21)(H,22,23). The summed E-state index contributed by atoms with van der Waals surface area (Å²) in [5, 5.41) is 13.4. The number of rotatable bonds is 6. The molecule has 0 aliphatic carbocycles. The Morgan fingerprint density at radius 1 is 1.24 bits per heavy atom. The van der Waals surface area contributed by atoms with Crippen molar-refractivity contribution in [2.45, 2.75) is 26.6 Å². The van der Waals surface area contributed by atoms with Gasteiger partial charge in [0.15, 0.2) is 5.69 Å². The van der Waals surface area contributed by atoms with E-state index in [9.17, 15) is 14.4 Å². The second-order valence-electron chi connectivity index (χ2n) is 5.31. The Kier molecular flexibility index (Phi) is 4.66. The van der Waals surface area contributed by atoms with E-state index in [0.717, 1.165) is 16.9 Å². The number of aryl methyl sites for hydroxylation is 1. The summed E-state index contributed by atoms with van der Waals surface area (Å²) in [7, 11) is 0. The fourth-order valence-electron chi connectivity index (χ4n) is 2.59. The van der Waals surface area contributed by atoms with Crippen molar-refractivity contribution in [1.82, 2.24) is 19.4 Å². The Morgan fingerprint density at radius 2 is 1.92 bits per heavy atom. The molecule has 25 heavy (non-hydrogen) atoms. The Bertz CT molecular complexity index is 1000. The van der Waals surface area contributed by atoms with Crippen LogP contribution >= 0.6 is 11.3 Å². The molecule has 0 saturated carbocycles. The summed E-state index contributed by atoms with van der Waals surface area (Å²) in [6.07, 6.45) is 0. The number of hydrogen-bond acceptors (Lipinski definition) is 5. The molecule has 130 valence electrons. The highest BCUT2D eigenvalue weighted by atomic mass is 32.1. The highest BCUT2D eigenvalue weighted by molar-refractivity contribution is 7.09. The molecule has 0 atom stereocenters. The molecule has 0 saturated heterocycles. The number of thiazole rings is 1. The number of carboxylic acids is 1. The fourth-order valence-corrected chi connectivity index (χ4v) is 3.30. The minimum atomic E-state index is -1.10. The summed E-state index contributed by atoms with van der Waals surface area (Å²) >= 11 is 1.16. The van der Waals surface area contributed by atoms with Crippen LogP contribution in [0.5, 0.6) is 0 Å². The average molecular weight is 360 g/mol. The average Bonchev–Trinajstić information content (AvgIpc) is 3.17. The van der Waals surface area contributed by atoms with Gasteiger partial charge in [0, 0.05) is 11.9 Å². The van der Waals surface area contributed by atoms with Crippen LogP contribution in [0.4, 0.5) is 0 Å². The molecule has 1 aromatic carbocycles. The molecule has 1 amide bonds. The molecule has 9 heteroatoms. The van der Waals surface area contributed by atoms with Gasteiger partial charge in [0.2, 0.25) is 5.91 Å². The first-order valence-corrected chi connectivity index (χ1v) is 8.51. The van der Waals surface area contributed by atoms with Crippen LogP contribution < -0.4 is 11.0 Å². The zero-order valence-electron chi connectivity index (χ0n) is 13.4. The Labute approximate surface area is 146 Å². The number of para-hydroxylation sites is 2. The molecular formula is C16H16N4O4S. The van der Waals surface area contributed by atoms with Crippen LogP contribution in [-0.4, -0.2) is 31.1 Å². The number of carbonyl (C=O) groups excluding carboxylic acids is 1. The summed E-state index contributed by atoms with van der Waals surface area (Å²) in [6.45, 7) is 2.41. The Hall–Kier alpha value is -2.94. The van der Waals surface area contributed by atoms with Gasteiger partial charge in [-0.15, -0.1) is 11.3 Å². The predicted octanol–water partition coefficient (Wildman–Crippen LogP) is 1.29. The van der Waals surface area contributed by atoms with E-state index < -0.39 is 5.97 Å². The van der Waals surface area contributed by atoms with Gasteiger partial charge < -0.3 is 10.4 Å². The van der Waals surface area contributed by atoms with E-state index in [-0.39, 0.29) is 30.4 Å². The number of fused-ring (bicyclic) bond motifs is 1. The number of hydrogen-bond donors (Lipinski definition) is 2. The maximum Gasteiger partial charge on any atom is 0.355 e.